The quantitative estimate of drug-likeness (QED) is 0.589. The molecule has 1 aromatic rings. The molecule has 0 saturated heterocycles. The highest BCUT2D eigenvalue weighted by atomic mass is 16.6. The number of hydrogen-bond acceptors (Lipinski definition) is 3. The molecule has 0 spiro atoms. The largest absolute Gasteiger partial charge is 0.406 e. The topological polar surface area (TPSA) is 38.7 Å². The van der Waals surface area contributed by atoms with Crippen molar-refractivity contribution < 1.29 is 9.53 Å². The van der Waals surface area contributed by atoms with Crippen molar-refractivity contribution in [2.24, 2.45) is 10.9 Å². The third kappa shape index (κ3) is 1.96. The summed E-state index contributed by atoms with van der Waals surface area (Å²) in [6, 6.07) is 7.93. The van der Waals surface area contributed by atoms with Crippen LogP contribution in [0.15, 0.2) is 35.0 Å². The predicted molar refractivity (Wildman–Crippen MR) is 70.0 cm³/mol. The van der Waals surface area contributed by atoms with Crippen LogP contribution in [0.4, 0.5) is 0 Å². The Morgan fingerprint density at radius 3 is 2.78 bits per heavy atom. The number of hydrogen-bond donors (Lipinski definition) is 0. The number of nitrogens with zero attached hydrogens (tertiary/aromatic N) is 1. The zero-order valence-corrected chi connectivity index (χ0v) is 10.3. The molecule has 0 aromatic heterocycles. The highest BCUT2D eigenvalue weighted by Crippen LogP contribution is 2.31. The molecule has 0 atom stereocenters. The maximum atomic E-state index is 11.7. The number of cyclic esters (lactones) is 1. The second kappa shape index (κ2) is 4.41. The Morgan fingerprint density at radius 2 is 2.11 bits per heavy atom. The average molecular weight is 241 g/mol. The van der Waals surface area contributed by atoms with Crippen LogP contribution in [0.25, 0.3) is 6.08 Å². The maximum absolute atomic E-state index is 11.7. The lowest BCUT2D eigenvalue weighted by atomic mass is 9.85. The summed E-state index contributed by atoms with van der Waals surface area (Å²) in [5.41, 5.74) is 2.57. The van der Waals surface area contributed by atoms with Crippen LogP contribution in [0, 0.1) is 12.8 Å². The first-order chi connectivity index (χ1) is 8.74. The van der Waals surface area contributed by atoms with Crippen molar-refractivity contribution in [1.29, 1.82) is 0 Å². The minimum atomic E-state index is -0.319. The van der Waals surface area contributed by atoms with Gasteiger partial charge in [-0.05, 0) is 37.0 Å². The highest BCUT2D eigenvalue weighted by Gasteiger charge is 2.32. The van der Waals surface area contributed by atoms with E-state index in [-0.39, 0.29) is 5.97 Å². The first-order valence-corrected chi connectivity index (χ1v) is 6.32. The van der Waals surface area contributed by atoms with Crippen LogP contribution in [-0.4, -0.2) is 11.9 Å². The molecule has 92 valence electrons. The van der Waals surface area contributed by atoms with Crippen molar-refractivity contribution in [2.75, 3.05) is 0 Å². The third-order valence-corrected chi connectivity index (χ3v) is 3.57. The molecule has 1 heterocycles. The average Bonchev–Trinajstić information content (AvgIpc) is 2.61. The Bertz CT molecular complexity index is 553. The van der Waals surface area contributed by atoms with E-state index in [1.807, 2.05) is 37.3 Å². The number of benzene rings is 1. The van der Waals surface area contributed by atoms with Gasteiger partial charge in [-0.2, -0.15) is 0 Å². The van der Waals surface area contributed by atoms with E-state index >= 15 is 0 Å². The molecule has 2 aliphatic rings. The molecular weight excluding hydrogens is 226 g/mol. The summed E-state index contributed by atoms with van der Waals surface area (Å²) >= 11 is 0. The standard InChI is InChI=1S/C15H15NO2/c1-10-5-2-3-6-12(10)9-13-15(17)18-14(16-13)11-7-4-8-11/h2-3,5-6,9,11H,4,7-8H2,1H3/b13-9-. The van der Waals surface area contributed by atoms with Crippen molar-refractivity contribution >= 4 is 17.9 Å². The minimum Gasteiger partial charge on any atom is -0.406 e. The first-order valence-electron chi connectivity index (χ1n) is 6.32. The fraction of sp³-hybridized carbons (Fsp3) is 0.333. The molecule has 1 saturated carbocycles. The van der Waals surface area contributed by atoms with Crippen LogP contribution >= 0.6 is 0 Å². The van der Waals surface area contributed by atoms with Gasteiger partial charge in [0.25, 0.3) is 0 Å². The van der Waals surface area contributed by atoms with Crippen LogP contribution in [0.5, 0.6) is 0 Å². The fourth-order valence-electron chi connectivity index (χ4n) is 2.15. The van der Waals surface area contributed by atoms with Crippen LogP contribution in [0.2, 0.25) is 0 Å². The van der Waals surface area contributed by atoms with E-state index in [1.165, 1.54) is 6.42 Å². The van der Waals surface area contributed by atoms with Gasteiger partial charge in [-0.3, -0.25) is 0 Å². The SMILES string of the molecule is Cc1ccccc1/C=C1\N=C(C2CCC2)OC1=O. The molecule has 1 fully saturated rings. The van der Waals surface area contributed by atoms with E-state index in [0.717, 1.165) is 24.0 Å². The van der Waals surface area contributed by atoms with Gasteiger partial charge in [0.1, 0.15) is 0 Å². The first kappa shape index (κ1) is 11.2. The Balaban J connectivity index is 1.89. The number of aliphatic imine (C=N–C) groups is 1. The lowest BCUT2D eigenvalue weighted by Crippen LogP contribution is -2.22. The van der Waals surface area contributed by atoms with E-state index in [9.17, 15) is 4.79 Å². The van der Waals surface area contributed by atoms with Crippen molar-refractivity contribution in [2.45, 2.75) is 26.2 Å². The second-order valence-corrected chi connectivity index (χ2v) is 4.85. The number of ether oxygens (including phenoxy) is 1. The molecule has 0 bridgehead atoms. The molecule has 1 aliphatic carbocycles. The summed E-state index contributed by atoms with van der Waals surface area (Å²) in [5, 5.41) is 0. The van der Waals surface area contributed by atoms with Gasteiger partial charge in [-0.15, -0.1) is 0 Å². The molecular formula is C15H15NO2. The summed E-state index contributed by atoms with van der Waals surface area (Å²) in [7, 11) is 0. The fourth-order valence-corrected chi connectivity index (χ4v) is 2.15. The smallest absolute Gasteiger partial charge is 0.363 e. The third-order valence-electron chi connectivity index (χ3n) is 3.57. The van der Waals surface area contributed by atoms with Crippen LogP contribution in [-0.2, 0) is 9.53 Å². The van der Waals surface area contributed by atoms with E-state index < -0.39 is 0 Å². The van der Waals surface area contributed by atoms with Crippen molar-refractivity contribution in [3.8, 4) is 0 Å². The lowest BCUT2D eigenvalue weighted by Gasteiger charge is -2.23. The van der Waals surface area contributed by atoms with Gasteiger partial charge < -0.3 is 4.74 Å². The van der Waals surface area contributed by atoms with Crippen LogP contribution < -0.4 is 0 Å². The minimum absolute atomic E-state index is 0.319. The zero-order chi connectivity index (χ0) is 12.5. The number of rotatable bonds is 2. The van der Waals surface area contributed by atoms with Gasteiger partial charge in [0.2, 0.25) is 5.90 Å². The van der Waals surface area contributed by atoms with Crippen LogP contribution in [0.1, 0.15) is 30.4 Å². The van der Waals surface area contributed by atoms with E-state index in [2.05, 4.69) is 4.99 Å². The normalized spacial score (nSPS) is 21.7. The van der Waals surface area contributed by atoms with E-state index in [1.54, 1.807) is 0 Å². The summed E-state index contributed by atoms with van der Waals surface area (Å²) < 4.78 is 5.23. The van der Waals surface area contributed by atoms with Crippen molar-refractivity contribution in [3.63, 3.8) is 0 Å². The van der Waals surface area contributed by atoms with Crippen molar-refractivity contribution in [3.05, 3.63) is 41.1 Å². The van der Waals surface area contributed by atoms with Gasteiger partial charge in [0.05, 0.1) is 0 Å². The predicted octanol–water partition coefficient (Wildman–Crippen LogP) is 3.09. The summed E-state index contributed by atoms with van der Waals surface area (Å²) in [4.78, 5) is 16.1. The molecule has 3 nitrogen and oxygen atoms in total. The summed E-state index contributed by atoms with van der Waals surface area (Å²) in [6.07, 6.45) is 5.19. The highest BCUT2D eigenvalue weighted by molar-refractivity contribution is 6.08. The molecule has 0 unspecified atom stereocenters. The molecule has 0 amide bonds. The number of carbonyl (C=O) groups is 1. The van der Waals surface area contributed by atoms with Gasteiger partial charge in [-0.1, -0.05) is 30.7 Å². The molecule has 1 aromatic carbocycles. The lowest BCUT2D eigenvalue weighted by molar-refractivity contribution is -0.130. The van der Waals surface area contributed by atoms with E-state index in [4.69, 9.17) is 4.74 Å². The van der Waals surface area contributed by atoms with Gasteiger partial charge in [0, 0.05) is 5.92 Å². The van der Waals surface area contributed by atoms with Crippen LogP contribution in [0.3, 0.4) is 0 Å². The van der Waals surface area contributed by atoms with Crippen molar-refractivity contribution in [1.82, 2.24) is 0 Å². The van der Waals surface area contributed by atoms with Gasteiger partial charge >= 0.3 is 5.97 Å². The number of esters is 1. The molecule has 3 heteroatoms. The zero-order valence-electron chi connectivity index (χ0n) is 10.3. The molecule has 18 heavy (non-hydrogen) atoms. The second-order valence-electron chi connectivity index (χ2n) is 4.85. The molecule has 0 N–H and O–H groups in total. The Hall–Kier alpha value is -1.90. The maximum Gasteiger partial charge on any atom is 0.363 e. The Labute approximate surface area is 106 Å². The van der Waals surface area contributed by atoms with Gasteiger partial charge in [-0.25, -0.2) is 9.79 Å². The summed E-state index contributed by atoms with van der Waals surface area (Å²) in [5.74, 6) is 0.656. The molecule has 3 rings (SSSR count). The monoisotopic (exact) mass is 241 g/mol. The Kier molecular flexibility index (Phi) is 2.74. The molecule has 0 radical (unpaired) electrons. The number of carbonyl (C=O) groups excluding carboxylic acids is 1. The number of aryl methyl sites for hydroxylation is 1. The molecule has 1 aliphatic heterocycles. The Morgan fingerprint density at radius 1 is 1.33 bits per heavy atom. The summed E-state index contributed by atoms with van der Waals surface area (Å²) in [6.45, 7) is 2.02. The van der Waals surface area contributed by atoms with Gasteiger partial charge in [0.15, 0.2) is 5.70 Å². The van der Waals surface area contributed by atoms with E-state index in [0.29, 0.717) is 17.5 Å².